The molecule has 0 radical (unpaired) electrons. The van der Waals surface area contributed by atoms with Crippen molar-refractivity contribution in [3.8, 4) is 0 Å². The molecule has 1 saturated heterocycles. The highest BCUT2D eigenvalue weighted by Crippen LogP contribution is 2.31. The number of ether oxygens (including phenoxy) is 1. The standard InChI is InChI=1S/C17H23N3O3/c18-10-16(21)20(14-6-7-14)15-8-9-19(11-15)17(22)23-12-13-4-2-1-3-5-13/h1-5,14-15H,6-12,18H2/t15-/m1/s1. The molecule has 1 atom stereocenters. The number of benzene rings is 1. The highest BCUT2D eigenvalue weighted by atomic mass is 16.6. The molecular formula is C17H23N3O3. The van der Waals surface area contributed by atoms with Gasteiger partial charge < -0.3 is 20.3 Å². The van der Waals surface area contributed by atoms with Crippen LogP contribution >= 0.6 is 0 Å². The van der Waals surface area contributed by atoms with Crippen LogP contribution in [0.1, 0.15) is 24.8 Å². The summed E-state index contributed by atoms with van der Waals surface area (Å²) in [5.41, 5.74) is 6.48. The molecule has 0 aromatic heterocycles. The van der Waals surface area contributed by atoms with Crippen molar-refractivity contribution in [2.24, 2.45) is 5.73 Å². The van der Waals surface area contributed by atoms with Gasteiger partial charge in [-0.2, -0.15) is 0 Å². The second kappa shape index (κ2) is 7.00. The highest BCUT2D eigenvalue weighted by molar-refractivity contribution is 5.79. The van der Waals surface area contributed by atoms with Gasteiger partial charge in [-0.1, -0.05) is 30.3 Å². The van der Waals surface area contributed by atoms with Crippen molar-refractivity contribution < 1.29 is 14.3 Å². The van der Waals surface area contributed by atoms with Gasteiger partial charge in [0.15, 0.2) is 0 Å². The summed E-state index contributed by atoms with van der Waals surface area (Å²) in [6, 6.07) is 10.0. The minimum Gasteiger partial charge on any atom is -0.445 e. The first-order valence-corrected chi connectivity index (χ1v) is 8.16. The van der Waals surface area contributed by atoms with Crippen LogP contribution < -0.4 is 5.73 Å². The van der Waals surface area contributed by atoms with Crippen LogP contribution in [0.2, 0.25) is 0 Å². The number of hydrogen-bond acceptors (Lipinski definition) is 4. The molecule has 2 amide bonds. The molecule has 1 aromatic carbocycles. The summed E-state index contributed by atoms with van der Waals surface area (Å²) in [5, 5.41) is 0. The lowest BCUT2D eigenvalue weighted by atomic mass is 10.2. The van der Waals surface area contributed by atoms with Gasteiger partial charge in [0.05, 0.1) is 12.6 Å². The lowest BCUT2D eigenvalue weighted by molar-refractivity contribution is -0.132. The van der Waals surface area contributed by atoms with Gasteiger partial charge in [-0.05, 0) is 24.8 Å². The molecule has 1 heterocycles. The average Bonchev–Trinajstić information content (AvgIpc) is 3.29. The highest BCUT2D eigenvalue weighted by Gasteiger charge is 2.40. The summed E-state index contributed by atoms with van der Waals surface area (Å²) >= 11 is 0. The van der Waals surface area contributed by atoms with E-state index >= 15 is 0 Å². The average molecular weight is 317 g/mol. The zero-order chi connectivity index (χ0) is 16.2. The Hall–Kier alpha value is -2.08. The Morgan fingerprint density at radius 1 is 1.17 bits per heavy atom. The van der Waals surface area contributed by atoms with Crippen molar-refractivity contribution in [3.05, 3.63) is 35.9 Å². The summed E-state index contributed by atoms with van der Waals surface area (Å²) in [6.07, 6.45) is 2.57. The van der Waals surface area contributed by atoms with Crippen LogP contribution in [0.3, 0.4) is 0 Å². The largest absolute Gasteiger partial charge is 0.445 e. The number of carbonyl (C=O) groups excluding carboxylic acids is 2. The molecule has 1 aliphatic heterocycles. The van der Waals surface area contributed by atoms with Crippen molar-refractivity contribution >= 4 is 12.0 Å². The minimum absolute atomic E-state index is 0.0167. The molecule has 2 fully saturated rings. The van der Waals surface area contributed by atoms with Crippen LogP contribution in [0.5, 0.6) is 0 Å². The van der Waals surface area contributed by atoms with Gasteiger partial charge in [0.2, 0.25) is 5.91 Å². The van der Waals surface area contributed by atoms with Crippen LogP contribution in [0.25, 0.3) is 0 Å². The molecule has 6 heteroatoms. The number of nitrogens with zero attached hydrogens (tertiary/aromatic N) is 2. The third kappa shape index (κ3) is 3.82. The number of amides is 2. The van der Waals surface area contributed by atoms with Crippen molar-refractivity contribution in [3.63, 3.8) is 0 Å². The molecule has 1 saturated carbocycles. The van der Waals surface area contributed by atoms with Crippen LogP contribution in [0.4, 0.5) is 4.79 Å². The molecule has 0 bridgehead atoms. The van der Waals surface area contributed by atoms with Gasteiger partial charge in [0.25, 0.3) is 0 Å². The van der Waals surface area contributed by atoms with E-state index < -0.39 is 0 Å². The van der Waals surface area contributed by atoms with E-state index in [9.17, 15) is 9.59 Å². The molecule has 1 aromatic rings. The van der Waals surface area contributed by atoms with Crippen LogP contribution in [0, 0.1) is 0 Å². The fourth-order valence-corrected chi connectivity index (χ4v) is 3.11. The van der Waals surface area contributed by atoms with Gasteiger partial charge in [-0.15, -0.1) is 0 Å². The fraction of sp³-hybridized carbons (Fsp3) is 0.529. The first-order valence-electron chi connectivity index (χ1n) is 8.16. The zero-order valence-corrected chi connectivity index (χ0v) is 13.2. The smallest absolute Gasteiger partial charge is 0.410 e. The van der Waals surface area contributed by atoms with Crippen LogP contribution in [-0.4, -0.2) is 53.5 Å². The molecule has 2 N–H and O–H groups in total. The first-order chi connectivity index (χ1) is 11.2. The van der Waals surface area contributed by atoms with Crippen molar-refractivity contribution in [2.45, 2.75) is 38.0 Å². The van der Waals surface area contributed by atoms with Gasteiger partial charge in [-0.3, -0.25) is 4.79 Å². The Kier molecular flexibility index (Phi) is 4.81. The van der Waals surface area contributed by atoms with Crippen molar-refractivity contribution in [2.75, 3.05) is 19.6 Å². The first kappa shape index (κ1) is 15.8. The summed E-state index contributed by atoms with van der Waals surface area (Å²) in [5.74, 6) is -0.0167. The number of carbonyl (C=O) groups is 2. The minimum atomic E-state index is -0.313. The molecule has 3 rings (SSSR count). The maximum Gasteiger partial charge on any atom is 0.410 e. The molecule has 0 unspecified atom stereocenters. The third-order valence-electron chi connectivity index (χ3n) is 4.42. The van der Waals surface area contributed by atoms with E-state index in [1.807, 2.05) is 35.2 Å². The van der Waals surface area contributed by atoms with Gasteiger partial charge in [0.1, 0.15) is 6.61 Å². The van der Waals surface area contributed by atoms with Gasteiger partial charge in [0, 0.05) is 19.1 Å². The Bertz CT molecular complexity index is 559. The maximum atomic E-state index is 12.2. The molecule has 6 nitrogen and oxygen atoms in total. The number of likely N-dealkylation sites (tertiary alicyclic amines) is 1. The third-order valence-corrected chi connectivity index (χ3v) is 4.42. The summed E-state index contributed by atoms with van der Waals surface area (Å²) < 4.78 is 5.36. The van der Waals surface area contributed by atoms with Gasteiger partial charge in [-0.25, -0.2) is 4.79 Å². The lowest BCUT2D eigenvalue weighted by Crippen LogP contribution is -2.46. The monoisotopic (exact) mass is 317 g/mol. The zero-order valence-electron chi connectivity index (χ0n) is 13.2. The van der Waals surface area contributed by atoms with Crippen LogP contribution in [-0.2, 0) is 16.1 Å². The predicted molar refractivity (Wildman–Crippen MR) is 85.5 cm³/mol. The number of rotatable bonds is 5. The summed E-state index contributed by atoms with van der Waals surface area (Å²) in [6.45, 7) is 1.47. The molecule has 124 valence electrons. The summed E-state index contributed by atoms with van der Waals surface area (Å²) in [4.78, 5) is 27.8. The van der Waals surface area contributed by atoms with E-state index in [2.05, 4.69) is 0 Å². The molecule has 1 aliphatic carbocycles. The quantitative estimate of drug-likeness (QED) is 0.889. The molecule has 2 aliphatic rings. The van der Waals surface area contributed by atoms with E-state index in [1.165, 1.54) is 0 Å². The lowest BCUT2D eigenvalue weighted by Gasteiger charge is -2.28. The predicted octanol–water partition coefficient (Wildman–Crippen LogP) is 1.35. The summed E-state index contributed by atoms with van der Waals surface area (Å²) in [7, 11) is 0. The van der Waals surface area contributed by atoms with Crippen LogP contribution in [0.15, 0.2) is 30.3 Å². The van der Waals surface area contributed by atoms with Gasteiger partial charge >= 0.3 is 6.09 Å². The fourth-order valence-electron chi connectivity index (χ4n) is 3.11. The van der Waals surface area contributed by atoms with E-state index in [4.69, 9.17) is 10.5 Å². The number of nitrogens with two attached hydrogens (primary N) is 1. The van der Waals surface area contributed by atoms with Crippen molar-refractivity contribution in [1.82, 2.24) is 9.80 Å². The second-order valence-corrected chi connectivity index (χ2v) is 6.17. The maximum absolute atomic E-state index is 12.2. The Balaban J connectivity index is 1.52. The Morgan fingerprint density at radius 3 is 2.57 bits per heavy atom. The number of hydrogen-bond donors (Lipinski definition) is 1. The topological polar surface area (TPSA) is 75.9 Å². The Morgan fingerprint density at radius 2 is 1.91 bits per heavy atom. The molecular weight excluding hydrogens is 294 g/mol. The van der Waals surface area contributed by atoms with E-state index in [0.29, 0.717) is 19.1 Å². The molecule has 23 heavy (non-hydrogen) atoms. The van der Waals surface area contributed by atoms with E-state index in [1.54, 1.807) is 4.90 Å². The molecule has 0 spiro atoms. The van der Waals surface area contributed by atoms with Crippen molar-refractivity contribution in [1.29, 1.82) is 0 Å². The SMILES string of the molecule is NCC(=O)N(C1CC1)[C@@H]1CCN(C(=O)OCc2ccccc2)C1. The normalized spacial score (nSPS) is 20.4. The van der Waals surface area contributed by atoms with E-state index in [-0.39, 0.29) is 31.2 Å². The Labute approximate surface area is 136 Å². The van der Waals surface area contributed by atoms with E-state index in [0.717, 1.165) is 24.8 Å². The second-order valence-electron chi connectivity index (χ2n) is 6.17.